The van der Waals surface area contributed by atoms with Gasteiger partial charge in [-0.05, 0) is 43.4 Å². The van der Waals surface area contributed by atoms with E-state index in [1.807, 2.05) is 6.92 Å². The highest BCUT2D eigenvalue weighted by atomic mass is 32.1. The smallest absolute Gasteiger partial charge is 0.174 e. The van der Waals surface area contributed by atoms with Crippen molar-refractivity contribution in [2.45, 2.75) is 64.7 Å². The van der Waals surface area contributed by atoms with E-state index in [0.717, 1.165) is 17.1 Å². The quantitative estimate of drug-likeness (QED) is 0.679. The molecule has 3 nitrogen and oxygen atoms in total. The van der Waals surface area contributed by atoms with Crippen LogP contribution in [0.2, 0.25) is 0 Å². The number of rotatable bonds is 8. The molecule has 1 aromatic rings. The first-order valence-electron chi connectivity index (χ1n) is 8.29. The van der Waals surface area contributed by atoms with Crippen molar-refractivity contribution >= 4 is 27.8 Å². The predicted octanol–water partition coefficient (Wildman–Crippen LogP) is 4.79. The van der Waals surface area contributed by atoms with Crippen LogP contribution in [0.4, 0.5) is 10.7 Å². The number of thiophene rings is 1. The highest BCUT2D eigenvalue weighted by molar-refractivity contribution is 7.18. The molecule has 3 rings (SSSR count). The zero-order valence-corrected chi connectivity index (χ0v) is 13.9. The summed E-state index contributed by atoms with van der Waals surface area (Å²) in [5, 5.41) is 4.82. The Morgan fingerprint density at radius 2 is 2.10 bits per heavy atom. The third-order valence-corrected chi connectivity index (χ3v) is 6.12. The standard InChI is InChI=1S/C17H26N2OS/c1-3-7-17(8-9-17)10-19-16-13(11-5-6-11)14(18)15(21-16)12(20)4-2/h11,19H,3-10,18H2,1-2H3. The van der Waals surface area contributed by atoms with Crippen LogP contribution in [-0.2, 0) is 0 Å². The van der Waals surface area contributed by atoms with Crippen LogP contribution in [0.1, 0.15) is 79.9 Å². The summed E-state index contributed by atoms with van der Waals surface area (Å²) < 4.78 is 0. The Labute approximate surface area is 131 Å². The predicted molar refractivity (Wildman–Crippen MR) is 90.4 cm³/mol. The number of carbonyl (C=O) groups is 1. The molecule has 0 spiro atoms. The first kappa shape index (κ1) is 14.9. The van der Waals surface area contributed by atoms with E-state index in [1.165, 1.54) is 49.1 Å². The van der Waals surface area contributed by atoms with Crippen LogP contribution >= 0.6 is 11.3 Å². The molecule has 0 aliphatic heterocycles. The van der Waals surface area contributed by atoms with Gasteiger partial charge in [0.1, 0.15) is 0 Å². The van der Waals surface area contributed by atoms with Crippen molar-refractivity contribution in [3.05, 3.63) is 10.4 Å². The Bertz CT molecular complexity index is 541. The maximum absolute atomic E-state index is 12.1. The number of anilines is 2. The molecule has 0 unspecified atom stereocenters. The molecule has 1 heterocycles. The van der Waals surface area contributed by atoms with Crippen molar-refractivity contribution < 1.29 is 4.79 Å². The molecule has 1 aromatic heterocycles. The van der Waals surface area contributed by atoms with Gasteiger partial charge in [-0.2, -0.15) is 0 Å². The molecule has 3 N–H and O–H groups in total. The molecule has 116 valence electrons. The van der Waals surface area contributed by atoms with Gasteiger partial charge >= 0.3 is 0 Å². The molecule has 0 atom stereocenters. The van der Waals surface area contributed by atoms with Crippen molar-refractivity contribution in [1.29, 1.82) is 0 Å². The minimum absolute atomic E-state index is 0.183. The topological polar surface area (TPSA) is 55.1 Å². The van der Waals surface area contributed by atoms with E-state index in [2.05, 4.69) is 12.2 Å². The van der Waals surface area contributed by atoms with Gasteiger partial charge in [-0.15, -0.1) is 11.3 Å². The van der Waals surface area contributed by atoms with Gasteiger partial charge < -0.3 is 11.1 Å². The van der Waals surface area contributed by atoms with Crippen LogP contribution in [0.3, 0.4) is 0 Å². The van der Waals surface area contributed by atoms with Crippen LogP contribution in [-0.4, -0.2) is 12.3 Å². The molecule has 4 heteroatoms. The number of nitrogens with one attached hydrogen (secondary N) is 1. The first-order valence-corrected chi connectivity index (χ1v) is 9.11. The maximum Gasteiger partial charge on any atom is 0.174 e. The fraction of sp³-hybridized carbons (Fsp3) is 0.706. The lowest BCUT2D eigenvalue weighted by molar-refractivity contribution is 0.0993. The van der Waals surface area contributed by atoms with E-state index in [4.69, 9.17) is 5.73 Å². The number of Topliss-reactive ketones (excluding diaryl/α,β-unsaturated/α-hetero) is 1. The Morgan fingerprint density at radius 1 is 1.38 bits per heavy atom. The van der Waals surface area contributed by atoms with Crippen molar-refractivity contribution in [3.63, 3.8) is 0 Å². The van der Waals surface area contributed by atoms with Gasteiger partial charge in [-0.25, -0.2) is 0 Å². The number of carbonyl (C=O) groups excluding carboxylic acids is 1. The minimum Gasteiger partial charge on any atom is -0.397 e. The SMILES string of the molecule is CCCC1(CNc2sc(C(=O)CC)c(N)c2C2CC2)CC1. The van der Waals surface area contributed by atoms with Crippen LogP contribution in [0, 0.1) is 5.41 Å². The molecule has 2 fully saturated rings. The summed E-state index contributed by atoms with van der Waals surface area (Å²) in [6, 6.07) is 0. The van der Waals surface area contributed by atoms with Gasteiger partial charge in [-0.1, -0.05) is 20.3 Å². The lowest BCUT2D eigenvalue weighted by Gasteiger charge is -2.16. The molecule has 0 aromatic carbocycles. The first-order chi connectivity index (χ1) is 10.1. The van der Waals surface area contributed by atoms with Crippen LogP contribution < -0.4 is 11.1 Å². The van der Waals surface area contributed by atoms with Crippen molar-refractivity contribution in [3.8, 4) is 0 Å². The lowest BCUT2D eigenvalue weighted by atomic mass is 10.0. The lowest BCUT2D eigenvalue weighted by Crippen LogP contribution is -2.15. The normalized spacial score (nSPS) is 19.5. The van der Waals surface area contributed by atoms with Crippen molar-refractivity contribution in [2.75, 3.05) is 17.6 Å². The molecular weight excluding hydrogens is 280 g/mol. The fourth-order valence-electron chi connectivity index (χ4n) is 3.22. The molecule has 2 saturated carbocycles. The highest BCUT2D eigenvalue weighted by Crippen LogP contribution is 2.53. The molecule has 21 heavy (non-hydrogen) atoms. The number of hydrogen-bond donors (Lipinski definition) is 2. The fourth-order valence-corrected chi connectivity index (χ4v) is 4.44. The Morgan fingerprint density at radius 3 is 2.62 bits per heavy atom. The Kier molecular flexibility index (Phi) is 4.00. The van der Waals surface area contributed by atoms with Gasteiger partial charge in [-0.3, -0.25) is 4.79 Å². The second-order valence-electron chi connectivity index (χ2n) is 6.74. The van der Waals surface area contributed by atoms with Crippen molar-refractivity contribution in [2.24, 2.45) is 5.41 Å². The summed E-state index contributed by atoms with van der Waals surface area (Å²) in [6.45, 7) is 5.21. The zero-order valence-electron chi connectivity index (χ0n) is 13.1. The van der Waals surface area contributed by atoms with Gasteiger partial charge in [0.15, 0.2) is 5.78 Å². The summed E-state index contributed by atoms with van der Waals surface area (Å²) >= 11 is 1.59. The average molecular weight is 306 g/mol. The van der Waals surface area contributed by atoms with Crippen molar-refractivity contribution in [1.82, 2.24) is 0 Å². The summed E-state index contributed by atoms with van der Waals surface area (Å²) in [4.78, 5) is 12.8. The van der Waals surface area contributed by atoms with Gasteiger partial charge in [0.25, 0.3) is 0 Å². The minimum atomic E-state index is 0.183. The van der Waals surface area contributed by atoms with E-state index in [1.54, 1.807) is 11.3 Å². The molecule has 0 saturated heterocycles. The van der Waals surface area contributed by atoms with E-state index < -0.39 is 0 Å². The van der Waals surface area contributed by atoms with Crippen LogP contribution in [0.15, 0.2) is 0 Å². The summed E-state index contributed by atoms with van der Waals surface area (Å²) in [5.41, 5.74) is 8.80. The van der Waals surface area contributed by atoms with Gasteiger partial charge in [0.05, 0.1) is 15.6 Å². The third-order valence-electron chi connectivity index (χ3n) is 4.90. The molecular formula is C17H26N2OS. The second-order valence-corrected chi connectivity index (χ2v) is 7.76. The highest BCUT2D eigenvalue weighted by Gasteiger charge is 2.42. The van der Waals surface area contributed by atoms with Gasteiger partial charge in [0.2, 0.25) is 0 Å². The molecule has 2 aliphatic carbocycles. The third kappa shape index (κ3) is 2.96. The Balaban J connectivity index is 1.79. The van der Waals surface area contributed by atoms with Crippen LogP contribution in [0.25, 0.3) is 0 Å². The van der Waals surface area contributed by atoms with E-state index in [0.29, 0.717) is 17.8 Å². The van der Waals surface area contributed by atoms with Gasteiger partial charge in [0, 0.05) is 18.5 Å². The average Bonchev–Trinajstić information content (AvgIpc) is 3.38. The largest absolute Gasteiger partial charge is 0.397 e. The number of nitrogen functional groups attached to an aromatic ring is 1. The summed E-state index contributed by atoms with van der Waals surface area (Å²) in [7, 11) is 0. The molecule has 0 radical (unpaired) electrons. The second kappa shape index (κ2) is 5.64. The Hall–Kier alpha value is -1.03. The zero-order chi connectivity index (χ0) is 15.0. The summed E-state index contributed by atoms with van der Waals surface area (Å²) in [5.74, 6) is 0.769. The maximum atomic E-state index is 12.1. The van der Waals surface area contributed by atoms with E-state index in [9.17, 15) is 4.79 Å². The molecule has 2 aliphatic rings. The number of nitrogens with two attached hydrogens (primary N) is 1. The van der Waals surface area contributed by atoms with Crippen LogP contribution in [0.5, 0.6) is 0 Å². The molecule has 0 amide bonds. The van der Waals surface area contributed by atoms with E-state index in [-0.39, 0.29) is 5.78 Å². The monoisotopic (exact) mass is 306 g/mol. The van der Waals surface area contributed by atoms with E-state index >= 15 is 0 Å². The molecule has 0 bridgehead atoms. The summed E-state index contributed by atoms with van der Waals surface area (Å²) in [6.07, 6.45) is 8.21. The number of hydrogen-bond acceptors (Lipinski definition) is 4. The number of ketones is 1.